The van der Waals surface area contributed by atoms with Crippen molar-refractivity contribution in [1.29, 1.82) is 0 Å². The van der Waals surface area contributed by atoms with Gasteiger partial charge in [-0.3, -0.25) is 14.9 Å². The van der Waals surface area contributed by atoms with E-state index in [-0.39, 0.29) is 17.3 Å². The van der Waals surface area contributed by atoms with E-state index in [0.717, 1.165) is 51.5 Å². The number of hydrogen-bond donors (Lipinski definition) is 0. The second-order valence-corrected chi connectivity index (χ2v) is 9.09. The van der Waals surface area contributed by atoms with Crippen molar-refractivity contribution in [2.75, 3.05) is 50.8 Å². The molecule has 1 amide bonds. The highest BCUT2D eigenvalue weighted by Crippen LogP contribution is 2.47. The Bertz CT molecular complexity index is 960. The van der Waals surface area contributed by atoms with E-state index in [1.165, 1.54) is 25.1 Å². The van der Waals surface area contributed by atoms with Crippen LogP contribution in [0, 0.1) is 11.2 Å². The maximum atomic E-state index is 13.9. The number of nitrogens with zero attached hydrogens (tertiary/aromatic N) is 6. The number of rotatable bonds is 4. The minimum Gasteiger partial charge on any atom is -0.450 e. The van der Waals surface area contributed by atoms with Crippen LogP contribution in [0.3, 0.4) is 0 Å². The summed E-state index contributed by atoms with van der Waals surface area (Å²) in [6.07, 6.45) is 9.45. The van der Waals surface area contributed by atoms with Crippen LogP contribution in [0.5, 0.6) is 0 Å². The largest absolute Gasteiger partial charge is 0.450 e. The minimum atomic E-state index is -0.373. The number of piperazine rings is 1. The molecule has 2 saturated heterocycles. The highest BCUT2D eigenvalue weighted by molar-refractivity contribution is 5.73. The van der Waals surface area contributed by atoms with Crippen LogP contribution in [0.25, 0.3) is 11.3 Å². The van der Waals surface area contributed by atoms with Gasteiger partial charge in [-0.25, -0.2) is 14.2 Å². The number of halogens is 1. The molecule has 1 aliphatic carbocycles. The predicted molar refractivity (Wildman–Crippen MR) is 118 cm³/mol. The van der Waals surface area contributed by atoms with Gasteiger partial charge in [-0.15, -0.1) is 0 Å². The molecule has 1 atom stereocenters. The molecule has 2 aromatic rings. The van der Waals surface area contributed by atoms with Gasteiger partial charge >= 0.3 is 6.09 Å². The third-order valence-corrected chi connectivity index (χ3v) is 7.06. The minimum absolute atomic E-state index is 0.180. The van der Waals surface area contributed by atoms with E-state index in [9.17, 15) is 9.18 Å². The molecular formula is C23H29FN6O2. The lowest BCUT2D eigenvalue weighted by Crippen LogP contribution is -2.58. The highest BCUT2D eigenvalue weighted by atomic mass is 19.1. The molecular weight excluding hydrogens is 411 g/mol. The lowest BCUT2D eigenvalue weighted by atomic mass is 9.78. The number of likely N-dealkylation sites (tertiary alicyclic amines) is 1. The van der Waals surface area contributed by atoms with Gasteiger partial charge in [0, 0.05) is 68.7 Å². The van der Waals surface area contributed by atoms with E-state index in [1.54, 1.807) is 18.6 Å². The van der Waals surface area contributed by atoms with Crippen molar-refractivity contribution < 1.29 is 13.9 Å². The van der Waals surface area contributed by atoms with Gasteiger partial charge in [-0.2, -0.15) is 0 Å². The highest BCUT2D eigenvalue weighted by Gasteiger charge is 2.51. The molecule has 4 heterocycles. The van der Waals surface area contributed by atoms with Gasteiger partial charge in [0.2, 0.25) is 0 Å². The number of carbonyl (C=O) groups is 1. The monoisotopic (exact) mass is 440 g/mol. The van der Waals surface area contributed by atoms with Crippen LogP contribution >= 0.6 is 0 Å². The SMILES string of the molecule is CCOC(=O)N1CC2(CC[C@@H](N3CCN(c4ncc(F)cc4-c4cnccn4)CC3)C2)C1. The summed E-state index contributed by atoms with van der Waals surface area (Å²) >= 11 is 0. The summed E-state index contributed by atoms with van der Waals surface area (Å²) in [5.41, 5.74) is 1.58. The normalized spacial score (nSPS) is 22.8. The Labute approximate surface area is 187 Å². The predicted octanol–water partition coefficient (Wildman–Crippen LogP) is 2.81. The fraction of sp³-hybridized carbons (Fsp3) is 0.565. The van der Waals surface area contributed by atoms with Crippen molar-refractivity contribution in [2.24, 2.45) is 5.41 Å². The van der Waals surface area contributed by atoms with Crippen LogP contribution in [0.2, 0.25) is 0 Å². The van der Waals surface area contributed by atoms with Gasteiger partial charge in [-0.1, -0.05) is 0 Å². The third-order valence-electron chi connectivity index (χ3n) is 7.06. The zero-order chi connectivity index (χ0) is 22.1. The van der Waals surface area contributed by atoms with Crippen LogP contribution in [0.1, 0.15) is 26.2 Å². The fourth-order valence-electron chi connectivity index (χ4n) is 5.49. The zero-order valence-electron chi connectivity index (χ0n) is 18.4. The van der Waals surface area contributed by atoms with Crippen molar-refractivity contribution in [2.45, 2.75) is 32.2 Å². The van der Waals surface area contributed by atoms with Gasteiger partial charge in [-0.05, 0) is 32.3 Å². The third kappa shape index (κ3) is 4.01. The molecule has 5 rings (SSSR count). The molecule has 3 fully saturated rings. The van der Waals surface area contributed by atoms with Crippen LogP contribution in [0.15, 0.2) is 30.9 Å². The number of aromatic nitrogens is 3. The lowest BCUT2D eigenvalue weighted by Gasteiger charge is -2.48. The second-order valence-electron chi connectivity index (χ2n) is 9.09. The summed E-state index contributed by atoms with van der Waals surface area (Å²) in [5.74, 6) is 0.389. The molecule has 3 aliphatic rings. The molecule has 0 aromatic carbocycles. The number of anilines is 1. The average molecular weight is 441 g/mol. The van der Waals surface area contributed by atoms with E-state index < -0.39 is 0 Å². The molecule has 0 radical (unpaired) electrons. The van der Waals surface area contributed by atoms with Crippen molar-refractivity contribution in [3.8, 4) is 11.3 Å². The molecule has 1 spiro atoms. The number of pyridine rings is 1. The molecule has 32 heavy (non-hydrogen) atoms. The smallest absolute Gasteiger partial charge is 0.409 e. The molecule has 170 valence electrons. The number of amides is 1. The van der Waals surface area contributed by atoms with Crippen LogP contribution in [-0.2, 0) is 4.74 Å². The molecule has 1 saturated carbocycles. The first-order chi connectivity index (χ1) is 15.6. The Kier molecular flexibility index (Phi) is 5.67. The summed E-state index contributed by atoms with van der Waals surface area (Å²) < 4.78 is 19.1. The van der Waals surface area contributed by atoms with Crippen molar-refractivity contribution in [3.05, 3.63) is 36.7 Å². The molecule has 2 aromatic heterocycles. The van der Waals surface area contributed by atoms with Crippen molar-refractivity contribution in [1.82, 2.24) is 24.8 Å². The Morgan fingerprint density at radius 3 is 2.72 bits per heavy atom. The van der Waals surface area contributed by atoms with E-state index in [2.05, 4.69) is 24.8 Å². The topological polar surface area (TPSA) is 74.7 Å². The van der Waals surface area contributed by atoms with Crippen LogP contribution in [-0.4, -0.2) is 82.8 Å². The Morgan fingerprint density at radius 1 is 1.19 bits per heavy atom. The summed E-state index contributed by atoms with van der Waals surface area (Å²) in [6, 6.07) is 2.05. The molecule has 2 aliphatic heterocycles. The summed E-state index contributed by atoms with van der Waals surface area (Å²) in [7, 11) is 0. The quantitative estimate of drug-likeness (QED) is 0.724. The maximum Gasteiger partial charge on any atom is 0.409 e. The second kappa shape index (κ2) is 8.61. The van der Waals surface area contributed by atoms with Gasteiger partial charge in [0.25, 0.3) is 0 Å². The average Bonchev–Trinajstić information content (AvgIpc) is 3.25. The van der Waals surface area contributed by atoms with Gasteiger partial charge in [0.15, 0.2) is 0 Å². The maximum absolute atomic E-state index is 13.9. The molecule has 0 bridgehead atoms. The Morgan fingerprint density at radius 2 is 2.00 bits per heavy atom. The standard InChI is InChI=1S/C23H29FN6O2/c1-2-32-22(31)30-15-23(16-30)4-3-18(12-23)28-7-9-29(10-8-28)21-19(11-17(24)13-27-21)20-14-25-5-6-26-20/h5-6,11,13-14,18H,2-4,7-10,12,15-16H2,1H3/t18-/m1/s1. The Balaban J connectivity index is 1.20. The van der Waals surface area contributed by atoms with Gasteiger partial charge < -0.3 is 14.5 Å². The van der Waals surface area contributed by atoms with Gasteiger partial charge in [0.1, 0.15) is 11.6 Å². The first-order valence-electron chi connectivity index (χ1n) is 11.4. The molecule has 0 unspecified atom stereocenters. The number of ether oxygens (including phenoxy) is 1. The summed E-state index contributed by atoms with van der Waals surface area (Å²) in [5, 5.41) is 0. The number of hydrogen-bond acceptors (Lipinski definition) is 7. The fourth-order valence-corrected chi connectivity index (χ4v) is 5.49. The van der Waals surface area contributed by atoms with E-state index in [1.807, 2.05) is 11.8 Å². The molecule has 9 heteroatoms. The summed E-state index contributed by atoms with van der Waals surface area (Å²) in [4.78, 5) is 31.4. The first kappa shape index (κ1) is 21.1. The van der Waals surface area contributed by atoms with E-state index in [0.29, 0.717) is 23.9 Å². The molecule has 0 N–H and O–H groups in total. The van der Waals surface area contributed by atoms with E-state index >= 15 is 0 Å². The van der Waals surface area contributed by atoms with Crippen LogP contribution in [0.4, 0.5) is 15.0 Å². The first-order valence-corrected chi connectivity index (χ1v) is 11.4. The van der Waals surface area contributed by atoms with E-state index in [4.69, 9.17) is 4.74 Å². The van der Waals surface area contributed by atoms with Gasteiger partial charge in [0.05, 0.1) is 24.7 Å². The van der Waals surface area contributed by atoms with Crippen LogP contribution < -0.4 is 4.90 Å². The summed E-state index contributed by atoms with van der Waals surface area (Å²) in [6.45, 7) is 7.48. The number of carbonyl (C=O) groups excluding carboxylic acids is 1. The lowest BCUT2D eigenvalue weighted by molar-refractivity contribution is -0.00294. The van der Waals surface area contributed by atoms with Crippen molar-refractivity contribution in [3.63, 3.8) is 0 Å². The zero-order valence-corrected chi connectivity index (χ0v) is 18.4. The molecule has 8 nitrogen and oxygen atoms in total. The van der Waals surface area contributed by atoms with Crippen molar-refractivity contribution >= 4 is 11.9 Å². The Hall–Kier alpha value is -2.81.